The van der Waals surface area contributed by atoms with E-state index in [2.05, 4.69) is 52.4 Å². The Hall–Kier alpha value is -2.21. The van der Waals surface area contributed by atoms with Crippen molar-refractivity contribution in [3.63, 3.8) is 0 Å². The summed E-state index contributed by atoms with van der Waals surface area (Å²) in [5, 5.41) is 6.97. The number of hydrogen-bond donors (Lipinski definition) is 1. The van der Waals surface area contributed by atoms with Crippen LogP contribution in [0.3, 0.4) is 0 Å². The molecule has 1 fully saturated rings. The number of piperidine rings is 1. The molecule has 0 radical (unpaired) electrons. The van der Waals surface area contributed by atoms with Gasteiger partial charge in [0, 0.05) is 32.4 Å². The normalized spacial score (nSPS) is 15.6. The van der Waals surface area contributed by atoms with Gasteiger partial charge in [-0.05, 0) is 49.4 Å². The number of nitrogens with zero attached hydrogens (tertiary/aromatic N) is 3. The third kappa shape index (κ3) is 6.16. The van der Waals surface area contributed by atoms with Crippen LogP contribution in [0.5, 0.6) is 0 Å². The summed E-state index contributed by atoms with van der Waals surface area (Å²) in [6.45, 7) is 8.25. The Kier molecular flexibility index (Phi) is 7.60. The molecule has 1 aromatic heterocycles. The van der Waals surface area contributed by atoms with Crippen molar-refractivity contribution in [3.8, 4) is 0 Å². The van der Waals surface area contributed by atoms with E-state index in [9.17, 15) is 4.79 Å². The Balaban J connectivity index is 1.46. The third-order valence-electron chi connectivity index (χ3n) is 5.41. The van der Waals surface area contributed by atoms with Gasteiger partial charge in [-0.25, -0.2) is 0 Å². The van der Waals surface area contributed by atoms with E-state index in [0.29, 0.717) is 25.3 Å². The van der Waals surface area contributed by atoms with Crippen molar-refractivity contribution in [2.75, 3.05) is 13.1 Å². The van der Waals surface area contributed by atoms with Gasteiger partial charge in [-0.3, -0.25) is 9.69 Å². The Morgan fingerprint density at radius 2 is 1.96 bits per heavy atom. The second kappa shape index (κ2) is 10.4. The van der Waals surface area contributed by atoms with Gasteiger partial charge in [-0.15, -0.1) is 0 Å². The number of benzene rings is 1. The lowest BCUT2D eigenvalue weighted by molar-refractivity contribution is -0.121. The Morgan fingerprint density at radius 3 is 2.71 bits per heavy atom. The molecule has 1 aliphatic heterocycles. The van der Waals surface area contributed by atoms with E-state index in [0.717, 1.165) is 44.2 Å². The third-order valence-corrected chi connectivity index (χ3v) is 5.41. The van der Waals surface area contributed by atoms with E-state index in [4.69, 9.17) is 4.52 Å². The van der Waals surface area contributed by atoms with E-state index in [1.54, 1.807) is 0 Å². The van der Waals surface area contributed by atoms with Crippen molar-refractivity contribution in [2.45, 2.75) is 65.5 Å². The predicted octanol–water partition coefficient (Wildman–Crippen LogP) is 3.50. The second-order valence-electron chi connectivity index (χ2n) is 7.86. The Labute approximate surface area is 167 Å². The quantitative estimate of drug-likeness (QED) is 0.716. The second-order valence-corrected chi connectivity index (χ2v) is 7.86. The summed E-state index contributed by atoms with van der Waals surface area (Å²) in [5.74, 6) is 2.11. The van der Waals surface area contributed by atoms with Crippen molar-refractivity contribution >= 4 is 5.91 Å². The van der Waals surface area contributed by atoms with E-state index in [1.807, 2.05) is 6.07 Å². The van der Waals surface area contributed by atoms with Gasteiger partial charge in [-0.1, -0.05) is 43.3 Å². The van der Waals surface area contributed by atoms with Crippen LogP contribution >= 0.6 is 0 Å². The maximum atomic E-state index is 12.2. The minimum atomic E-state index is 0.0110. The number of aromatic nitrogens is 2. The van der Waals surface area contributed by atoms with Crippen molar-refractivity contribution in [1.82, 2.24) is 20.4 Å². The topological polar surface area (TPSA) is 71.3 Å². The van der Waals surface area contributed by atoms with E-state index < -0.39 is 0 Å². The Morgan fingerprint density at radius 1 is 1.21 bits per heavy atom. The van der Waals surface area contributed by atoms with E-state index in [-0.39, 0.29) is 5.91 Å². The fraction of sp³-hybridized carbons (Fsp3) is 0.591. The zero-order valence-electron chi connectivity index (χ0n) is 17.1. The number of amides is 1. The zero-order valence-corrected chi connectivity index (χ0v) is 17.1. The first-order valence-corrected chi connectivity index (χ1v) is 10.5. The fourth-order valence-corrected chi connectivity index (χ4v) is 3.56. The molecule has 0 bridgehead atoms. The summed E-state index contributed by atoms with van der Waals surface area (Å²) in [5.41, 5.74) is 2.50. The number of rotatable bonds is 9. The molecule has 28 heavy (non-hydrogen) atoms. The van der Waals surface area contributed by atoms with Crippen LogP contribution in [0.1, 0.15) is 62.4 Å². The van der Waals surface area contributed by atoms with Gasteiger partial charge in [0.05, 0.1) is 0 Å². The van der Waals surface area contributed by atoms with Crippen LogP contribution in [0, 0.1) is 5.92 Å². The molecule has 2 aromatic rings. The molecule has 0 spiro atoms. The van der Waals surface area contributed by atoms with Crippen molar-refractivity contribution < 1.29 is 9.32 Å². The van der Waals surface area contributed by atoms with Gasteiger partial charge in [0.25, 0.3) is 0 Å². The average molecular weight is 385 g/mol. The number of likely N-dealkylation sites (tertiary alicyclic amines) is 1. The molecule has 1 saturated heterocycles. The van der Waals surface area contributed by atoms with Gasteiger partial charge in [0.2, 0.25) is 11.8 Å². The highest BCUT2D eigenvalue weighted by atomic mass is 16.5. The number of hydrogen-bond acceptors (Lipinski definition) is 5. The van der Waals surface area contributed by atoms with Gasteiger partial charge in [0.15, 0.2) is 5.82 Å². The first kappa shape index (κ1) is 20.5. The van der Waals surface area contributed by atoms with Crippen LogP contribution in [0.4, 0.5) is 0 Å². The lowest BCUT2D eigenvalue weighted by Crippen LogP contribution is -2.33. The van der Waals surface area contributed by atoms with Gasteiger partial charge in [0.1, 0.15) is 0 Å². The summed E-state index contributed by atoms with van der Waals surface area (Å²) in [4.78, 5) is 19.1. The number of carbonyl (C=O) groups is 1. The van der Waals surface area contributed by atoms with E-state index in [1.165, 1.54) is 24.0 Å². The molecule has 1 N–H and O–H groups in total. The summed E-state index contributed by atoms with van der Waals surface area (Å²) < 4.78 is 5.19. The zero-order chi connectivity index (χ0) is 19.8. The first-order chi connectivity index (χ1) is 13.6. The largest absolute Gasteiger partial charge is 0.352 e. The molecule has 6 heteroatoms. The average Bonchev–Trinajstić information content (AvgIpc) is 3.15. The maximum absolute atomic E-state index is 12.2. The molecule has 6 nitrogen and oxygen atoms in total. The number of nitrogens with one attached hydrogen (secondary N) is 1. The fourth-order valence-electron chi connectivity index (χ4n) is 3.56. The monoisotopic (exact) mass is 384 g/mol. The molecule has 152 valence electrons. The summed E-state index contributed by atoms with van der Waals surface area (Å²) in [6.07, 6.45) is 5.18. The van der Waals surface area contributed by atoms with Gasteiger partial charge >= 0.3 is 0 Å². The molecule has 0 aliphatic carbocycles. The molecule has 1 aromatic carbocycles. The van der Waals surface area contributed by atoms with Crippen LogP contribution in [-0.4, -0.2) is 34.0 Å². The van der Waals surface area contributed by atoms with Crippen LogP contribution in [0.25, 0.3) is 0 Å². The SMILES string of the molecule is CCCc1noc(CCC(=O)NCc2ccccc2CN2CCC(C)CC2)n1. The minimum absolute atomic E-state index is 0.0110. The molecule has 2 heterocycles. The molecule has 0 atom stereocenters. The molecule has 0 unspecified atom stereocenters. The minimum Gasteiger partial charge on any atom is -0.352 e. The molecule has 0 saturated carbocycles. The van der Waals surface area contributed by atoms with Crippen molar-refractivity contribution in [3.05, 3.63) is 47.1 Å². The molecule has 1 aliphatic rings. The van der Waals surface area contributed by atoms with Crippen LogP contribution in [0.2, 0.25) is 0 Å². The van der Waals surface area contributed by atoms with Crippen molar-refractivity contribution in [2.24, 2.45) is 5.92 Å². The Bertz CT molecular complexity index is 750. The predicted molar refractivity (Wildman–Crippen MR) is 109 cm³/mol. The summed E-state index contributed by atoms with van der Waals surface area (Å²) in [7, 11) is 0. The molecular formula is C22H32N4O2. The standard InChI is InChI=1S/C22H32N4O2/c1-3-6-20-24-22(28-25-20)10-9-21(27)23-15-18-7-4-5-8-19(18)16-26-13-11-17(2)12-14-26/h4-5,7-8,17H,3,6,9-16H2,1-2H3,(H,23,27). The maximum Gasteiger partial charge on any atom is 0.227 e. The highest BCUT2D eigenvalue weighted by Gasteiger charge is 2.17. The first-order valence-electron chi connectivity index (χ1n) is 10.5. The van der Waals surface area contributed by atoms with Crippen molar-refractivity contribution in [1.29, 1.82) is 0 Å². The highest BCUT2D eigenvalue weighted by Crippen LogP contribution is 2.19. The lowest BCUT2D eigenvalue weighted by Gasteiger charge is -2.30. The number of carbonyl (C=O) groups excluding carboxylic acids is 1. The van der Waals surface area contributed by atoms with E-state index >= 15 is 0 Å². The smallest absolute Gasteiger partial charge is 0.227 e. The summed E-state index contributed by atoms with van der Waals surface area (Å²) in [6, 6.07) is 8.40. The van der Waals surface area contributed by atoms with Gasteiger partial charge in [-0.2, -0.15) is 4.98 Å². The van der Waals surface area contributed by atoms with Crippen LogP contribution in [-0.2, 0) is 30.7 Å². The molecule has 1 amide bonds. The molecule has 3 rings (SSSR count). The van der Waals surface area contributed by atoms with Gasteiger partial charge < -0.3 is 9.84 Å². The lowest BCUT2D eigenvalue weighted by atomic mass is 9.98. The number of aryl methyl sites for hydroxylation is 2. The molecular weight excluding hydrogens is 352 g/mol. The van der Waals surface area contributed by atoms with Crippen LogP contribution in [0.15, 0.2) is 28.8 Å². The summed E-state index contributed by atoms with van der Waals surface area (Å²) >= 11 is 0. The van der Waals surface area contributed by atoms with Crippen LogP contribution < -0.4 is 5.32 Å². The highest BCUT2D eigenvalue weighted by molar-refractivity contribution is 5.76.